The highest BCUT2D eigenvalue weighted by Gasteiger charge is 2.20. The van der Waals surface area contributed by atoms with E-state index in [-0.39, 0.29) is 5.91 Å². The van der Waals surface area contributed by atoms with Gasteiger partial charge in [-0.05, 0) is 43.0 Å². The quantitative estimate of drug-likeness (QED) is 0.825. The number of primary amides is 1. The number of hydrogen-bond donors (Lipinski definition) is 2. The minimum Gasteiger partial charge on any atom is -0.369 e. The Hall–Kier alpha value is -1.39. The van der Waals surface area contributed by atoms with Gasteiger partial charge in [-0.25, -0.2) is 0 Å². The average Bonchev–Trinajstić information content (AvgIpc) is 2.39. The summed E-state index contributed by atoms with van der Waals surface area (Å²) in [5.41, 5.74) is 13.2. The van der Waals surface area contributed by atoms with E-state index in [0.717, 1.165) is 31.7 Å². The Balaban J connectivity index is 1.97. The van der Waals surface area contributed by atoms with Gasteiger partial charge in [0.1, 0.15) is 0 Å². The van der Waals surface area contributed by atoms with Gasteiger partial charge in [-0.3, -0.25) is 4.79 Å². The lowest BCUT2D eigenvalue weighted by atomic mass is 9.88. The third-order valence-corrected chi connectivity index (χ3v) is 3.83. The summed E-state index contributed by atoms with van der Waals surface area (Å²) in [5, 5.41) is 0. The lowest BCUT2D eigenvalue weighted by Crippen LogP contribution is -2.36. The van der Waals surface area contributed by atoms with Crippen molar-refractivity contribution in [3.05, 3.63) is 35.4 Å². The molecule has 4 heteroatoms. The van der Waals surface area contributed by atoms with Crippen LogP contribution in [0.5, 0.6) is 0 Å². The SMILES string of the molecule is NCCN1CCC(c2cccc(CC(N)=O)c2)CC1. The Morgan fingerprint density at radius 2 is 2.05 bits per heavy atom. The Morgan fingerprint density at radius 1 is 1.32 bits per heavy atom. The highest BCUT2D eigenvalue weighted by Crippen LogP contribution is 2.28. The number of amides is 1. The molecule has 1 amide bonds. The van der Waals surface area contributed by atoms with Crippen molar-refractivity contribution in [2.24, 2.45) is 11.5 Å². The highest BCUT2D eigenvalue weighted by atomic mass is 16.1. The van der Waals surface area contributed by atoms with Crippen LogP contribution in [-0.2, 0) is 11.2 Å². The second-order valence-corrected chi connectivity index (χ2v) is 5.29. The molecule has 0 aliphatic carbocycles. The van der Waals surface area contributed by atoms with Gasteiger partial charge in [-0.2, -0.15) is 0 Å². The fourth-order valence-corrected chi connectivity index (χ4v) is 2.83. The highest BCUT2D eigenvalue weighted by molar-refractivity contribution is 5.76. The van der Waals surface area contributed by atoms with Crippen molar-refractivity contribution in [3.63, 3.8) is 0 Å². The molecule has 19 heavy (non-hydrogen) atoms. The largest absolute Gasteiger partial charge is 0.369 e. The molecule has 0 saturated carbocycles. The molecule has 1 aromatic rings. The van der Waals surface area contributed by atoms with E-state index >= 15 is 0 Å². The normalized spacial score (nSPS) is 17.5. The van der Waals surface area contributed by atoms with Gasteiger partial charge in [-0.1, -0.05) is 24.3 Å². The Labute approximate surface area is 114 Å². The first-order valence-corrected chi connectivity index (χ1v) is 6.98. The predicted molar refractivity (Wildman–Crippen MR) is 76.8 cm³/mol. The van der Waals surface area contributed by atoms with E-state index in [0.29, 0.717) is 12.3 Å². The lowest BCUT2D eigenvalue weighted by Gasteiger charge is -2.32. The number of rotatable bonds is 5. The van der Waals surface area contributed by atoms with Gasteiger partial charge in [0.15, 0.2) is 0 Å². The molecule has 1 aliphatic rings. The van der Waals surface area contributed by atoms with Crippen LogP contribution in [0, 0.1) is 0 Å². The number of hydrogen-bond acceptors (Lipinski definition) is 3. The van der Waals surface area contributed by atoms with Crippen molar-refractivity contribution in [2.45, 2.75) is 25.2 Å². The van der Waals surface area contributed by atoms with Gasteiger partial charge in [-0.15, -0.1) is 0 Å². The summed E-state index contributed by atoms with van der Waals surface area (Å²) in [5.74, 6) is 0.330. The topological polar surface area (TPSA) is 72.3 Å². The number of carbonyl (C=O) groups is 1. The molecule has 4 N–H and O–H groups in total. The third kappa shape index (κ3) is 4.04. The van der Waals surface area contributed by atoms with Crippen molar-refractivity contribution >= 4 is 5.91 Å². The standard InChI is InChI=1S/C15H23N3O/c16-6-9-18-7-4-13(5-8-18)14-3-1-2-12(10-14)11-15(17)19/h1-3,10,13H,4-9,11,16H2,(H2,17,19). The van der Waals surface area contributed by atoms with E-state index in [1.54, 1.807) is 0 Å². The van der Waals surface area contributed by atoms with E-state index in [2.05, 4.69) is 17.0 Å². The summed E-state index contributed by atoms with van der Waals surface area (Å²) in [6.45, 7) is 3.96. The van der Waals surface area contributed by atoms with Crippen molar-refractivity contribution < 1.29 is 4.79 Å². The second-order valence-electron chi connectivity index (χ2n) is 5.29. The van der Waals surface area contributed by atoms with Crippen LogP contribution >= 0.6 is 0 Å². The molecule has 0 atom stereocenters. The molecular weight excluding hydrogens is 238 g/mol. The minimum atomic E-state index is -0.269. The maximum absolute atomic E-state index is 11.0. The van der Waals surface area contributed by atoms with Gasteiger partial charge in [0.05, 0.1) is 6.42 Å². The van der Waals surface area contributed by atoms with Crippen molar-refractivity contribution in [1.29, 1.82) is 0 Å². The number of nitrogens with zero attached hydrogens (tertiary/aromatic N) is 1. The molecule has 0 spiro atoms. The number of carbonyl (C=O) groups excluding carboxylic acids is 1. The lowest BCUT2D eigenvalue weighted by molar-refractivity contribution is -0.117. The van der Waals surface area contributed by atoms with Gasteiger partial charge in [0.2, 0.25) is 5.91 Å². The van der Waals surface area contributed by atoms with Crippen LogP contribution in [0.15, 0.2) is 24.3 Å². The van der Waals surface area contributed by atoms with Crippen LogP contribution in [-0.4, -0.2) is 37.0 Å². The molecule has 4 nitrogen and oxygen atoms in total. The zero-order valence-electron chi connectivity index (χ0n) is 11.3. The van der Waals surface area contributed by atoms with Crippen molar-refractivity contribution in [3.8, 4) is 0 Å². The first-order valence-electron chi connectivity index (χ1n) is 6.98. The smallest absolute Gasteiger partial charge is 0.221 e. The van der Waals surface area contributed by atoms with Crippen LogP contribution < -0.4 is 11.5 Å². The summed E-state index contributed by atoms with van der Waals surface area (Å²) in [4.78, 5) is 13.4. The minimum absolute atomic E-state index is 0.269. The van der Waals surface area contributed by atoms with Gasteiger partial charge in [0.25, 0.3) is 0 Å². The van der Waals surface area contributed by atoms with E-state index in [9.17, 15) is 4.79 Å². The predicted octanol–water partition coefficient (Wildman–Crippen LogP) is 0.852. The summed E-state index contributed by atoms with van der Waals surface area (Å²) in [6, 6.07) is 8.29. The van der Waals surface area contributed by atoms with Gasteiger partial charge >= 0.3 is 0 Å². The van der Waals surface area contributed by atoms with E-state index in [4.69, 9.17) is 11.5 Å². The molecule has 1 heterocycles. The molecule has 1 fully saturated rings. The number of likely N-dealkylation sites (tertiary alicyclic amines) is 1. The van der Waals surface area contributed by atoms with Crippen LogP contribution in [0.25, 0.3) is 0 Å². The molecular formula is C15H23N3O. The van der Waals surface area contributed by atoms with E-state index < -0.39 is 0 Å². The number of piperidine rings is 1. The molecule has 0 radical (unpaired) electrons. The zero-order chi connectivity index (χ0) is 13.7. The summed E-state index contributed by atoms with van der Waals surface area (Å²) in [6.07, 6.45) is 2.67. The molecule has 1 aromatic carbocycles. The van der Waals surface area contributed by atoms with E-state index in [1.165, 1.54) is 18.4 Å². The fraction of sp³-hybridized carbons (Fsp3) is 0.533. The molecule has 0 unspecified atom stereocenters. The van der Waals surface area contributed by atoms with Crippen LogP contribution in [0.4, 0.5) is 0 Å². The Bertz CT molecular complexity index is 425. The Morgan fingerprint density at radius 3 is 2.68 bits per heavy atom. The number of benzene rings is 1. The third-order valence-electron chi connectivity index (χ3n) is 3.83. The van der Waals surface area contributed by atoms with Crippen LogP contribution in [0.1, 0.15) is 29.9 Å². The zero-order valence-corrected chi connectivity index (χ0v) is 11.3. The van der Waals surface area contributed by atoms with Crippen LogP contribution in [0.2, 0.25) is 0 Å². The molecule has 1 aliphatic heterocycles. The molecule has 104 valence electrons. The molecule has 0 bridgehead atoms. The first-order chi connectivity index (χ1) is 9.19. The number of nitrogens with two attached hydrogens (primary N) is 2. The van der Waals surface area contributed by atoms with Crippen molar-refractivity contribution in [1.82, 2.24) is 4.90 Å². The Kier molecular flexibility index (Phi) is 4.93. The van der Waals surface area contributed by atoms with Crippen molar-refractivity contribution in [2.75, 3.05) is 26.2 Å². The fourth-order valence-electron chi connectivity index (χ4n) is 2.83. The second kappa shape index (κ2) is 6.68. The first kappa shape index (κ1) is 14.0. The summed E-state index contributed by atoms with van der Waals surface area (Å²) >= 11 is 0. The maximum atomic E-state index is 11.0. The molecule has 2 rings (SSSR count). The van der Waals surface area contributed by atoms with Gasteiger partial charge in [0, 0.05) is 13.1 Å². The monoisotopic (exact) mass is 261 g/mol. The molecule has 1 saturated heterocycles. The average molecular weight is 261 g/mol. The maximum Gasteiger partial charge on any atom is 0.221 e. The molecule has 0 aromatic heterocycles. The van der Waals surface area contributed by atoms with Crippen LogP contribution in [0.3, 0.4) is 0 Å². The van der Waals surface area contributed by atoms with E-state index in [1.807, 2.05) is 12.1 Å². The van der Waals surface area contributed by atoms with Gasteiger partial charge < -0.3 is 16.4 Å². The summed E-state index contributed by atoms with van der Waals surface area (Å²) in [7, 11) is 0. The summed E-state index contributed by atoms with van der Waals surface area (Å²) < 4.78 is 0.